The Hall–Kier alpha value is -0.970. The molecule has 0 radical (unpaired) electrons. The molecule has 4 N–H and O–H groups in total. The molecule has 1 saturated carbocycles. The zero-order chi connectivity index (χ0) is 81.5. The highest BCUT2D eigenvalue weighted by Gasteiger charge is 2.39. The molecular formula is C86H158N2O19P4S2. The van der Waals surface area contributed by atoms with Gasteiger partial charge in [-0.05, 0) is 107 Å². The summed E-state index contributed by atoms with van der Waals surface area (Å²) in [4.78, 5) is 108. The SMILES string of the molecule is C=P(O)(OCCCCCCCCCCCCCCCCCCCCCCCCCCCCCCCCCCCCCCCCCOP(=C)(O)OC1CCOC1COP(=C)(O)OCCCCCCSC1CC(=O)N(C)C1=O)OCC1OCCC1OP(=C)(O)OCCCCCCCC(=O)C1CCC(CN2C(=O)C=C(SC)C2=O)CC1. The van der Waals surface area contributed by atoms with E-state index in [-0.39, 0.29) is 60.3 Å². The fraction of sp³-hybridized carbons (Fsp3) is 0.872. The van der Waals surface area contributed by atoms with E-state index in [0.717, 1.165) is 128 Å². The van der Waals surface area contributed by atoms with Crippen LogP contribution in [-0.2, 0) is 69.6 Å². The summed E-state index contributed by atoms with van der Waals surface area (Å²) in [5, 5.41) is -0.258. The van der Waals surface area contributed by atoms with Crippen LogP contribution in [0.15, 0.2) is 11.0 Å². The van der Waals surface area contributed by atoms with Gasteiger partial charge in [-0.3, -0.25) is 33.8 Å². The molecule has 5 rings (SSSR count). The van der Waals surface area contributed by atoms with Crippen LogP contribution in [-0.4, -0.2) is 192 Å². The van der Waals surface area contributed by atoms with Crippen molar-refractivity contribution in [2.24, 2.45) is 11.8 Å². The molecular weight excluding hydrogens is 1550 g/mol. The van der Waals surface area contributed by atoms with Crippen LogP contribution in [0.25, 0.3) is 0 Å². The number of carbonyl (C=O) groups excluding carboxylic acids is 5. The summed E-state index contributed by atoms with van der Waals surface area (Å²) in [6, 6.07) is 0. The summed E-state index contributed by atoms with van der Waals surface area (Å²) in [5.41, 5.74) is 0. The van der Waals surface area contributed by atoms with Gasteiger partial charge in [0, 0.05) is 64.5 Å². The third kappa shape index (κ3) is 48.5. The van der Waals surface area contributed by atoms with Crippen molar-refractivity contribution in [2.45, 2.75) is 389 Å². The lowest BCUT2D eigenvalue weighted by Gasteiger charge is -2.30. The summed E-state index contributed by atoms with van der Waals surface area (Å²) >= 11 is 2.85. The fourth-order valence-corrected chi connectivity index (χ4v) is 21.6. The van der Waals surface area contributed by atoms with E-state index in [0.29, 0.717) is 76.1 Å². The third-order valence-corrected chi connectivity index (χ3v) is 29.6. The summed E-state index contributed by atoms with van der Waals surface area (Å²) in [5.74, 6) is 0.843. The van der Waals surface area contributed by atoms with Crippen molar-refractivity contribution in [3.05, 3.63) is 11.0 Å². The number of ketones is 1. The van der Waals surface area contributed by atoms with Crippen molar-refractivity contribution in [3.8, 4) is 0 Å². The van der Waals surface area contributed by atoms with Crippen molar-refractivity contribution >= 4 is 108 Å². The first-order valence-electron chi connectivity index (χ1n) is 45.0. The van der Waals surface area contributed by atoms with E-state index in [1.807, 2.05) is 0 Å². The Kier molecular flexibility index (Phi) is 56.4. The Bertz CT molecular complexity index is 2820. The molecule has 0 aromatic carbocycles. The van der Waals surface area contributed by atoms with E-state index in [9.17, 15) is 43.5 Å². The third-order valence-electron chi connectivity index (χ3n) is 22.9. The lowest BCUT2D eigenvalue weighted by molar-refractivity contribution is -0.139. The number of amides is 4. The number of hydrogen-bond donors (Lipinski definition) is 4. The van der Waals surface area contributed by atoms with Gasteiger partial charge in [0.2, 0.25) is 42.1 Å². The summed E-state index contributed by atoms with van der Waals surface area (Å²) < 4.78 is 57.6. The lowest BCUT2D eigenvalue weighted by Crippen LogP contribution is -2.37. The highest BCUT2D eigenvalue weighted by molar-refractivity contribution is 8.03. The van der Waals surface area contributed by atoms with E-state index in [1.54, 1.807) is 18.0 Å². The number of unbranched alkanes of at least 4 members (excludes halogenated alkanes) is 45. The van der Waals surface area contributed by atoms with Gasteiger partial charge in [-0.25, -0.2) is 0 Å². The van der Waals surface area contributed by atoms with Crippen molar-refractivity contribution in [1.29, 1.82) is 0 Å². The van der Waals surface area contributed by atoms with Crippen LogP contribution in [0, 0.1) is 11.8 Å². The number of rotatable bonds is 76. The number of nitrogens with zero attached hydrogens (tertiary/aromatic N) is 2. The second kappa shape index (κ2) is 62.2. The Morgan fingerprint density at radius 3 is 1.08 bits per heavy atom. The normalized spacial score (nSPS) is 22.4. The smallest absolute Gasteiger partial charge is 0.267 e. The number of imide groups is 2. The van der Waals surface area contributed by atoms with Crippen molar-refractivity contribution < 1.29 is 89.2 Å². The molecule has 27 heteroatoms. The van der Waals surface area contributed by atoms with Crippen LogP contribution in [0.3, 0.4) is 0 Å². The van der Waals surface area contributed by atoms with Crippen LogP contribution in [0.2, 0.25) is 0 Å². The molecule has 4 fully saturated rings. The quantitative estimate of drug-likeness (QED) is 0.0250. The Morgan fingerprint density at radius 2 is 0.761 bits per heavy atom. The van der Waals surface area contributed by atoms with Gasteiger partial charge in [0.25, 0.3) is 11.8 Å². The molecule has 4 amide bonds. The van der Waals surface area contributed by atoms with Gasteiger partial charge < -0.3 is 65.2 Å². The monoisotopic (exact) mass is 1710 g/mol. The van der Waals surface area contributed by atoms with E-state index >= 15 is 0 Å². The second-order valence-electron chi connectivity index (χ2n) is 32.9. The predicted octanol–water partition coefficient (Wildman–Crippen LogP) is 21.8. The van der Waals surface area contributed by atoms with E-state index in [1.165, 1.54) is 247 Å². The highest BCUT2D eigenvalue weighted by atomic mass is 32.2. The molecule has 9 atom stereocenters. The van der Waals surface area contributed by atoms with Crippen LogP contribution in [0.4, 0.5) is 0 Å². The number of Topliss-reactive ketones (excluding diaryl/α,β-unsaturated/α-hetero) is 1. The van der Waals surface area contributed by atoms with Gasteiger partial charge >= 0.3 is 0 Å². The van der Waals surface area contributed by atoms with Crippen LogP contribution < -0.4 is 0 Å². The number of thioether (sulfide) groups is 2. The van der Waals surface area contributed by atoms with Crippen LogP contribution in [0.1, 0.15) is 360 Å². The molecule has 0 aromatic heterocycles. The molecule has 658 valence electrons. The molecule has 4 heterocycles. The zero-order valence-electron chi connectivity index (χ0n) is 70.5. The number of ether oxygens (including phenoxy) is 2. The molecule has 0 aromatic rings. The first kappa shape index (κ1) is 103. The minimum Gasteiger partial charge on any atom is -0.373 e. The van der Waals surface area contributed by atoms with Crippen LogP contribution >= 0.6 is 53.8 Å². The number of carbonyl (C=O) groups is 5. The molecule has 113 heavy (non-hydrogen) atoms. The topological polar surface area (TPSA) is 265 Å². The Balaban J connectivity index is 0.662. The minimum atomic E-state index is -3.35. The average molecular weight is 1710 g/mol. The van der Waals surface area contributed by atoms with Gasteiger partial charge in [-0.1, -0.05) is 270 Å². The molecule has 3 saturated heterocycles. The highest BCUT2D eigenvalue weighted by Crippen LogP contribution is 2.50. The maximum absolute atomic E-state index is 12.9. The zero-order valence-corrected chi connectivity index (χ0v) is 75.7. The molecule has 9 unspecified atom stereocenters. The van der Waals surface area contributed by atoms with E-state index in [2.05, 4.69) is 25.2 Å². The molecule has 5 aliphatic rings. The number of likely N-dealkylation sites (tertiary alicyclic amines) is 1. The fourth-order valence-electron chi connectivity index (χ4n) is 15.8. The molecule has 21 nitrogen and oxygen atoms in total. The van der Waals surface area contributed by atoms with E-state index < -0.39 is 54.7 Å². The molecule has 4 aliphatic heterocycles. The maximum atomic E-state index is 12.9. The maximum Gasteiger partial charge on any atom is 0.267 e. The minimum absolute atomic E-state index is 0.0237. The van der Waals surface area contributed by atoms with E-state index in [4.69, 9.17) is 45.7 Å². The summed E-state index contributed by atoms with van der Waals surface area (Å²) in [6.45, 7) is 2.80. The Labute approximate surface area is 693 Å². The summed E-state index contributed by atoms with van der Waals surface area (Å²) in [6.07, 6.45) is 81.3. The average Bonchev–Trinajstić information content (AvgIpc) is 1.69. The standard InChI is InChI=1S/C86H158N2O19P4S2/c1-87-83(90)70-82(85(87)92)113-68-54-48-47-53-63-101-109(3,95)105-73-80-77(60-66-99-80)106-110(4,96)102-64-51-45-41-39-37-35-33-31-29-27-25-23-21-19-17-15-13-11-9-7-8-10-12-14-16-18-20-22-24-26-28-30-32-34-36-38-40-44-50-62-100-108(2,94)104-72-79-78(61-67-98-79)107-111(5,97)103-65-52-46-42-43-49-55-76(89)75-58-56-74(57-59-75)71-88-84(91)69-81(112-6)86(88)93/h69,74-75,77-80,82,94-97H,2-5,7-68,70-73H2,1,6H3. The second-order valence-corrected chi connectivity index (χ2v) is 42.1. The van der Waals surface area contributed by atoms with Crippen molar-refractivity contribution in [3.63, 3.8) is 0 Å². The largest absolute Gasteiger partial charge is 0.373 e. The first-order valence-corrected chi connectivity index (χ1v) is 54.3. The predicted molar refractivity (Wildman–Crippen MR) is 473 cm³/mol. The number of hydrogen-bond acceptors (Lipinski definition) is 21. The van der Waals surface area contributed by atoms with Gasteiger partial charge in [-0.2, -0.15) is 0 Å². The first-order chi connectivity index (χ1) is 54.6. The van der Waals surface area contributed by atoms with Gasteiger partial charge in [0.15, 0.2) is 0 Å². The van der Waals surface area contributed by atoms with Crippen LogP contribution in [0.5, 0.6) is 0 Å². The van der Waals surface area contributed by atoms with Gasteiger partial charge in [0.05, 0.1) is 62.0 Å². The Morgan fingerprint density at radius 1 is 0.442 bits per heavy atom. The lowest BCUT2D eigenvalue weighted by atomic mass is 9.79. The van der Waals surface area contributed by atoms with Gasteiger partial charge in [0.1, 0.15) is 18.0 Å². The van der Waals surface area contributed by atoms with Crippen molar-refractivity contribution in [1.82, 2.24) is 9.80 Å². The van der Waals surface area contributed by atoms with Gasteiger partial charge in [-0.15, -0.1) is 23.5 Å². The summed E-state index contributed by atoms with van der Waals surface area (Å²) in [7, 11) is -11.7. The molecule has 0 spiro atoms. The van der Waals surface area contributed by atoms with Crippen molar-refractivity contribution in [2.75, 3.05) is 78.5 Å². The molecule has 0 bridgehead atoms. The molecule has 1 aliphatic carbocycles.